The molecule has 0 bridgehead atoms. The first-order chi connectivity index (χ1) is 10.1. The number of rotatable bonds is 3. The smallest absolute Gasteiger partial charge is 0.0831 e. The summed E-state index contributed by atoms with van der Waals surface area (Å²) in [4.78, 5) is 4.49. The van der Waals surface area contributed by atoms with Gasteiger partial charge in [-0.25, -0.2) is 0 Å². The van der Waals surface area contributed by atoms with E-state index < -0.39 is 6.10 Å². The van der Waals surface area contributed by atoms with Gasteiger partial charge in [0.15, 0.2) is 0 Å². The van der Waals surface area contributed by atoms with Gasteiger partial charge < -0.3 is 5.11 Å². The van der Waals surface area contributed by atoms with Gasteiger partial charge in [0.2, 0.25) is 0 Å². The van der Waals surface area contributed by atoms with Crippen LogP contribution in [0, 0.1) is 6.92 Å². The molecule has 0 saturated carbocycles. The van der Waals surface area contributed by atoms with Gasteiger partial charge in [-0.05, 0) is 42.3 Å². The van der Waals surface area contributed by atoms with Crippen LogP contribution in [0.1, 0.15) is 22.9 Å². The Balaban J connectivity index is 1.89. The molecule has 0 amide bonds. The second kappa shape index (κ2) is 5.96. The van der Waals surface area contributed by atoms with Gasteiger partial charge in [0.25, 0.3) is 0 Å². The van der Waals surface area contributed by atoms with Crippen molar-refractivity contribution < 1.29 is 5.11 Å². The molecule has 1 aromatic heterocycles. The Labute approximate surface area is 132 Å². The third-order valence-corrected chi connectivity index (χ3v) is 4.38. The van der Waals surface area contributed by atoms with Crippen LogP contribution in [-0.4, -0.2) is 10.1 Å². The van der Waals surface area contributed by atoms with E-state index in [9.17, 15) is 5.11 Å². The van der Waals surface area contributed by atoms with E-state index in [4.69, 9.17) is 0 Å². The number of hydrogen-bond donors (Lipinski definition) is 1. The van der Waals surface area contributed by atoms with Crippen molar-refractivity contribution >= 4 is 26.8 Å². The zero-order chi connectivity index (χ0) is 14.8. The van der Waals surface area contributed by atoms with Crippen LogP contribution >= 0.6 is 15.9 Å². The molecule has 1 atom stereocenters. The number of benzene rings is 2. The second-order valence-electron chi connectivity index (χ2n) is 5.22. The van der Waals surface area contributed by atoms with E-state index in [-0.39, 0.29) is 0 Å². The SMILES string of the molecule is Cc1ccc2cc(C(O)Cc3ccccc3Br)ccc2n1. The predicted octanol–water partition coefficient (Wildman–Crippen LogP) is 4.58. The molecule has 2 nitrogen and oxygen atoms in total. The lowest BCUT2D eigenvalue weighted by Crippen LogP contribution is -2.02. The molecule has 0 aliphatic heterocycles. The standard InChI is InChI=1S/C18H16BrNO/c1-12-6-7-14-10-15(8-9-17(14)20-12)18(21)11-13-4-2-3-5-16(13)19/h2-10,18,21H,11H2,1H3. The summed E-state index contributed by atoms with van der Waals surface area (Å²) < 4.78 is 1.03. The van der Waals surface area contributed by atoms with Gasteiger partial charge in [-0.1, -0.05) is 46.3 Å². The number of fused-ring (bicyclic) bond motifs is 1. The van der Waals surface area contributed by atoms with E-state index in [2.05, 4.69) is 20.9 Å². The van der Waals surface area contributed by atoms with Crippen molar-refractivity contribution in [1.29, 1.82) is 0 Å². The Morgan fingerprint density at radius 1 is 1.10 bits per heavy atom. The van der Waals surface area contributed by atoms with Gasteiger partial charge >= 0.3 is 0 Å². The van der Waals surface area contributed by atoms with Gasteiger partial charge in [-0.15, -0.1) is 0 Å². The van der Waals surface area contributed by atoms with E-state index in [0.29, 0.717) is 6.42 Å². The molecule has 1 heterocycles. The first kappa shape index (κ1) is 14.2. The number of aliphatic hydroxyl groups is 1. The van der Waals surface area contributed by atoms with Crippen molar-refractivity contribution in [2.75, 3.05) is 0 Å². The van der Waals surface area contributed by atoms with Crippen LogP contribution in [0.15, 0.2) is 59.1 Å². The molecule has 21 heavy (non-hydrogen) atoms. The van der Waals surface area contributed by atoms with Crippen LogP contribution in [0.2, 0.25) is 0 Å². The Kier molecular flexibility index (Phi) is 4.04. The van der Waals surface area contributed by atoms with Crippen LogP contribution in [0.25, 0.3) is 10.9 Å². The van der Waals surface area contributed by atoms with E-state index >= 15 is 0 Å². The largest absolute Gasteiger partial charge is 0.388 e. The fourth-order valence-corrected chi connectivity index (χ4v) is 2.89. The number of nitrogens with zero attached hydrogens (tertiary/aromatic N) is 1. The molecule has 0 spiro atoms. The topological polar surface area (TPSA) is 33.1 Å². The maximum Gasteiger partial charge on any atom is 0.0831 e. The Morgan fingerprint density at radius 3 is 2.71 bits per heavy atom. The first-order valence-corrected chi connectivity index (χ1v) is 7.71. The van der Waals surface area contributed by atoms with E-state index in [1.165, 1.54) is 0 Å². The molecule has 0 saturated heterocycles. The lowest BCUT2D eigenvalue weighted by atomic mass is 10.00. The van der Waals surface area contributed by atoms with E-state index in [0.717, 1.165) is 32.2 Å². The summed E-state index contributed by atoms with van der Waals surface area (Å²) in [5, 5.41) is 11.5. The number of hydrogen-bond acceptors (Lipinski definition) is 2. The number of aromatic nitrogens is 1. The highest BCUT2D eigenvalue weighted by Gasteiger charge is 2.11. The predicted molar refractivity (Wildman–Crippen MR) is 89.3 cm³/mol. The highest BCUT2D eigenvalue weighted by Crippen LogP contribution is 2.25. The minimum Gasteiger partial charge on any atom is -0.388 e. The van der Waals surface area contributed by atoms with Crippen molar-refractivity contribution in [3.63, 3.8) is 0 Å². The molecule has 0 aliphatic carbocycles. The molecule has 1 N–H and O–H groups in total. The van der Waals surface area contributed by atoms with Crippen molar-refractivity contribution in [3.05, 3.63) is 75.9 Å². The Morgan fingerprint density at radius 2 is 1.90 bits per heavy atom. The van der Waals surface area contributed by atoms with Crippen LogP contribution in [0.5, 0.6) is 0 Å². The maximum absolute atomic E-state index is 10.5. The second-order valence-corrected chi connectivity index (χ2v) is 6.07. The zero-order valence-electron chi connectivity index (χ0n) is 11.8. The van der Waals surface area contributed by atoms with Gasteiger partial charge in [0.05, 0.1) is 11.6 Å². The molecule has 106 valence electrons. The number of aliphatic hydroxyl groups excluding tert-OH is 1. The molecule has 0 aliphatic rings. The van der Waals surface area contributed by atoms with Crippen molar-refractivity contribution in [3.8, 4) is 0 Å². The third-order valence-electron chi connectivity index (χ3n) is 3.61. The molecule has 0 fully saturated rings. The van der Waals surface area contributed by atoms with Crippen LogP contribution in [0.4, 0.5) is 0 Å². The fourth-order valence-electron chi connectivity index (χ4n) is 2.44. The summed E-state index contributed by atoms with van der Waals surface area (Å²) in [7, 11) is 0. The van der Waals surface area contributed by atoms with Crippen molar-refractivity contribution in [1.82, 2.24) is 4.98 Å². The lowest BCUT2D eigenvalue weighted by molar-refractivity contribution is 0.178. The molecule has 0 radical (unpaired) electrons. The fraction of sp³-hybridized carbons (Fsp3) is 0.167. The summed E-state index contributed by atoms with van der Waals surface area (Å²) in [5.74, 6) is 0. The minimum atomic E-state index is -0.519. The van der Waals surface area contributed by atoms with Crippen LogP contribution in [0.3, 0.4) is 0 Å². The normalized spacial score (nSPS) is 12.5. The molecular formula is C18H16BrNO. The average Bonchev–Trinajstić information content (AvgIpc) is 2.49. The summed E-state index contributed by atoms with van der Waals surface area (Å²) in [5.41, 5.74) is 3.99. The Hall–Kier alpha value is -1.71. The monoisotopic (exact) mass is 341 g/mol. The van der Waals surface area contributed by atoms with Crippen LogP contribution in [-0.2, 0) is 6.42 Å². The summed E-state index contributed by atoms with van der Waals surface area (Å²) in [6.07, 6.45) is 0.0704. The van der Waals surface area contributed by atoms with Gasteiger partial charge in [-0.3, -0.25) is 4.98 Å². The first-order valence-electron chi connectivity index (χ1n) is 6.92. The van der Waals surface area contributed by atoms with Gasteiger partial charge in [-0.2, -0.15) is 0 Å². The van der Waals surface area contributed by atoms with Crippen molar-refractivity contribution in [2.24, 2.45) is 0 Å². The molecule has 1 unspecified atom stereocenters. The Bertz CT molecular complexity index is 785. The van der Waals surface area contributed by atoms with E-state index in [1.807, 2.05) is 61.5 Å². The van der Waals surface area contributed by atoms with Crippen molar-refractivity contribution in [2.45, 2.75) is 19.4 Å². The van der Waals surface area contributed by atoms with Gasteiger partial charge in [0, 0.05) is 22.0 Å². The van der Waals surface area contributed by atoms with E-state index in [1.54, 1.807) is 0 Å². The highest BCUT2D eigenvalue weighted by molar-refractivity contribution is 9.10. The van der Waals surface area contributed by atoms with Crippen LogP contribution < -0.4 is 0 Å². The number of pyridine rings is 1. The average molecular weight is 342 g/mol. The summed E-state index contributed by atoms with van der Waals surface area (Å²) in [6, 6.07) is 18.0. The number of aryl methyl sites for hydroxylation is 1. The quantitative estimate of drug-likeness (QED) is 0.756. The molecular weight excluding hydrogens is 326 g/mol. The summed E-state index contributed by atoms with van der Waals surface area (Å²) >= 11 is 3.52. The molecule has 2 aromatic carbocycles. The summed E-state index contributed by atoms with van der Waals surface area (Å²) in [6.45, 7) is 1.98. The lowest BCUT2D eigenvalue weighted by Gasteiger charge is -2.13. The molecule has 3 aromatic rings. The molecule has 3 heteroatoms. The van der Waals surface area contributed by atoms with Gasteiger partial charge in [0.1, 0.15) is 0 Å². The maximum atomic E-state index is 10.5. The zero-order valence-corrected chi connectivity index (χ0v) is 13.3. The number of halogens is 1. The third kappa shape index (κ3) is 3.14. The minimum absolute atomic E-state index is 0.519. The highest BCUT2D eigenvalue weighted by atomic mass is 79.9. The molecule has 3 rings (SSSR count).